The van der Waals surface area contributed by atoms with Gasteiger partial charge in [-0.3, -0.25) is 14.3 Å². The molecule has 2 bridgehead atoms. The molecule has 2 aliphatic rings. The van der Waals surface area contributed by atoms with Gasteiger partial charge in [-0.1, -0.05) is 18.2 Å². The van der Waals surface area contributed by atoms with Crippen LogP contribution in [0.4, 0.5) is 0 Å². The number of rotatable bonds is 4. The Morgan fingerprint density at radius 3 is 2.82 bits per heavy atom. The zero-order valence-corrected chi connectivity index (χ0v) is 15.8. The standard InChI is InChI=1S/C21H23N5O2/c1-24-9-8-15(11-24)21(28)26-16-6-7-19(26)18(10-16)22-20(27)13-25-12-14-4-2-3-5-17(14)23-25/h2-5,8-9,11-12,16,18-19H,6-7,10,13H2,1H3,(H,22,27)/t16-,18+,19+/m1/s1. The van der Waals surface area contributed by atoms with Gasteiger partial charge in [-0.15, -0.1) is 0 Å². The summed E-state index contributed by atoms with van der Waals surface area (Å²) in [5.74, 6) is 0.0145. The molecule has 2 aliphatic heterocycles. The van der Waals surface area contributed by atoms with Crippen molar-refractivity contribution in [3.8, 4) is 0 Å². The predicted octanol–water partition coefficient (Wildman–Crippen LogP) is 1.94. The highest BCUT2D eigenvalue weighted by Crippen LogP contribution is 2.38. The van der Waals surface area contributed by atoms with Crippen molar-refractivity contribution in [1.29, 1.82) is 0 Å². The molecule has 2 fully saturated rings. The van der Waals surface area contributed by atoms with Crippen molar-refractivity contribution in [2.45, 2.75) is 43.9 Å². The lowest BCUT2D eigenvalue weighted by molar-refractivity contribution is -0.122. The van der Waals surface area contributed by atoms with Crippen LogP contribution < -0.4 is 5.32 Å². The van der Waals surface area contributed by atoms with Crippen LogP contribution in [0.2, 0.25) is 0 Å². The van der Waals surface area contributed by atoms with Crippen LogP contribution >= 0.6 is 0 Å². The fourth-order valence-corrected chi connectivity index (χ4v) is 4.74. The van der Waals surface area contributed by atoms with E-state index < -0.39 is 0 Å². The van der Waals surface area contributed by atoms with Gasteiger partial charge in [0.15, 0.2) is 0 Å². The number of carbonyl (C=O) groups is 2. The van der Waals surface area contributed by atoms with Crippen molar-refractivity contribution in [2.75, 3.05) is 0 Å². The molecule has 0 unspecified atom stereocenters. The van der Waals surface area contributed by atoms with Gasteiger partial charge < -0.3 is 14.8 Å². The Morgan fingerprint density at radius 2 is 2.04 bits per heavy atom. The Kier molecular flexibility index (Phi) is 3.96. The maximum atomic E-state index is 12.9. The molecule has 0 saturated carbocycles. The summed E-state index contributed by atoms with van der Waals surface area (Å²) in [4.78, 5) is 27.5. The number of amides is 2. The van der Waals surface area contributed by atoms with Crippen molar-refractivity contribution in [3.05, 3.63) is 54.5 Å². The van der Waals surface area contributed by atoms with Crippen LogP contribution in [0.3, 0.4) is 0 Å². The molecule has 144 valence electrons. The number of benzene rings is 1. The number of nitrogens with one attached hydrogen (secondary N) is 1. The summed E-state index contributed by atoms with van der Waals surface area (Å²) in [5.41, 5.74) is 1.60. The van der Waals surface area contributed by atoms with E-state index in [1.807, 2.05) is 65.4 Å². The lowest BCUT2D eigenvalue weighted by atomic mass is 9.95. The van der Waals surface area contributed by atoms with Crippen molar-refractivity contribution in [2.24, 2.45) is 7.05 Å². The molecule has 5 rings (SSSR count). The third kappa shape index (κ3) is 2.87. The third-order valence-corrected chi connectivity index (χ3v) is 5.96. The highest BCUT2D eigenvalue weighted by Gasteiger charge is 2.49. The van der Waals surface area contributed by atoms with Crippen molar-refractivity contribution >= 4 is 22.7 Å². The minimum atomic E-state index is -0.0579. The van der Waals surface area contributed by atoms with Gasteiger partial charge in [-0.05, 0) is 31.4 Å². The van der Waals surface area contributed by atoms with Gasteiger partial charge in [0.25, 0.3) is 5.91 Å². The smallest absolute Gasteiger partial charge is 0.255 e. The van der Waals surface area contributed by atoms with Crippen molar-refractivity contribution < 1.29 is 9.59 Å². The van der Waals surface area contributed by atoms with E-state index in [1.165, 1.54) is 0 Å². The lowest BCUT2D eigenvalue weighted by Crippen LogP contribution is -2.46. The van der Waals surface area contributed by atoms with Gasteiger partial charge in [-0.2, -0.15) is 5.10 Å². The zero-order chi connectivity index (χ0) is 19.3. The van der Waals surface area contributed by atoms with Crippen LogP contribution in [0.5, 0.6) is 0 Å². The fourth-order valence-electron chi connectivity index (χ4n) is 4.74. The molecular weight excluding hydrogens is 354 g/mol. The quantitative estimate of drug-likeness (QED) is 0.755. The molecule has 2 saturated heterocycles. The first kappa shape index (κ1) is 17.0. The van der Waals surface area contributed by atoms with E-state index >= 15 is 0 Å². The van der Waals surface area contributed by atoms with E-state index in [1.54, 1.807) is 4.68 Å². The normalized spacial score (nSPS) is 23.5. The van der Waals surface area contributed by atoms with Crippen molar-refractivity contribution in [3.63, 3.8) is 0 Å². The summed E-state index contributed by atoms with van der Waals surface area (Å²) in [6.45, 7) is 0.190. The van der Waals surface area contributed by atoms with Gasteiger partial charge in [0.05, 0.1) is 23.2 Å². The van der Waals surface area contributed by atoms with Gasteiger partial charge in [-0.25, -0.2) is 0 Å². The summed E-state index contributed by atoms with van der Waals surface area (Å²) < 4.78 is 3.57. The molecular formula is C21H23N5O2. The van der Waals surface area contributed by atoms with Crippen LogP contribution in [0.1, 0.15) is 29.6 Å². The molecule has 7 heteroatoms. The second kappa shape index (κ2) is 6.51. The number of aryl methyl sites for hydroxylation is 1. The summed E-state index contributed by atoms with van der Waals surface area (Å²) >= 11 is 0. The van der Waals surface area contributed by atoms with E-state index in [4.69, 9.17) is 0 Å². The molecule has 4 heterocycles. The molecule has 2 aromatic heterocycles. The minimum absolute atomic E-state index is 0.0175. The first-order valence-electron chi connectivity index (χ1n) is 9.75. The van der Waals surface area contributed by atoms with Gasteiger partial charge >= 0.3 is 0 Å². The molecule has 3 atom stereocenters. The maximum Gasteiger partial charge on any atom is 0.255 e. The summed E-state index contributed by atoms with van der Waals surface area (Å²) in [6.07, 6.45) is 8.42. The maximum absolute atomic E-state index is 12.9. The molecule has 0 radical (unpaired) electrons. The Labute approximate surface area is 162 Å². The number of aromatic nitrogens is 3. The SMILES string of the molecule is Cn1ccc(C(=O)N2[C@@H]3CC[C@H]2[C@@H](NC(=O)Cn2cc4ccccc4n2)C3)c1. The second-order valence-electron chi connectivity index (χ2n) is 7.87. The van der Waals surface area contributed by atoms with Crippen LogP contribution in [0.25, 0.3) is 10.9 Å². The van der Waals surface area contributed by atoms with Crippen LogP contribution in [0.15, 0.2) is 48.9 Å². The average Bonchev–Trinajstić information content (AvgIpc) is 3.43. The van der Waals surface area contributed by atoms with E-state index in [-0.39, 0.29) is 36.5 Å². The van der Waals surface area contributed by atoms with E-state index in [0.717, 1.165) is 35.7 Å². The second-order valence-corrected chi connectivity index (χ2v) is 7.87. The number of hydrogen-bond donors (Lipinski definition) is 1. The summed E-state index contributed by atoms with van der Waals surface area (Å²) in [5, 5.41) is 8.62. The molecule has 2 amide bonds. The predicted molar refractivity (Wildman–Crippen MR) is 105 cm³/mol. The summed E-state index contributed by atoms with van der Waals surface area (Å²) in [7, 11) is 1.91. The lowest BCUT2D eigenvalue weighted by Gasteiger charge is -2.24. The van der Waals surface area contributed by atoms with Gasteiger partial charge in [0.1, 0.15) is 6.54 Å². The van der Waals surface area contributed by atoms with Crippen LogP contribution in [-0.4, -0.2) is 49.2 Å². The van der Waals surface area contributed by atoms with Crippen LogP contribution in [-0.2, 0) is 18.4 Å². The molecule has 0 aliphatic carbocycles. The van der Waals surface area contributed by atoms with Crippen LogP contribution in [0, 0.1) is 0 Å². The van der Waals surface area contributed by atoms with Crippen molar-refractivity contribution in [1.82, 2.24) is 24.6 Å². The number of fused-ring (bicyclic) bond motifs is 3. The Balaban J connectivity index is 1.26. The topological polar surface area (TPSA) is 72.2 Å². The minimum Gasteiger partial charge on any atom is -0.356 e. The zero-order valence-electron chi connectivity index (χ0n) is 15.8. The Bertz CT molecular complexity index is 1020. The van der Waals surface area contributed by atoms with Gasteiger partial charge in [0.2, 0.25) is 5.91 Å². The number of hydrogen-bond acceptors (Lipinski definition) is 3. The molecule has 1 aromatic carbocycles. The highest BCUT2D eigenvalue weighted by atomic mass is 16.2. The largest absolute Gasteiger partial charge is 0.356 e. The molecule has 3 aromatic rings. The number of carbonyl (C=O) groups excluding carboxylic acids is 2. The summed E-state index contributed by atoms with van der Waals surface area (Å²) in [6, 6.07) is 10.00. The Morgan fingerprint density at radius 1 is 1.18 bits per heavy atom. The first-order valence-corrected chi connectivity index (χ1v) is 9.75. The highest BCUT2D eigenvalue weighted by molar-refractivity contribution is 5.95. The number of nitrogens with zero attached hydrogens (tertiary/aromatic N) is 4. The molecule has 0 spiro atoms. The molecule has 1 N–H and O–H groups in total. The van der Waals surface area contributed by atoms with E-state index in [2.05, 4.69) is 10.4 Å². The van der Waals surface area contributed by atoms with E-state index in [0.29, 0.717) is 0 Å². The monoisotopic (exact) mass is 377 g/mol. The fraction of sp³-hybridized carbons (Fsp3) is 0.381. The first-order chi connectivity index (χ1) is 13.6. The van der Waals surface area contributed by atoms with E-state index in [9.17, 15) is 9.59 Å². The average molecular weight is 377 g/mol. The Hall–Kier alpha value is -3.09. The van der Waals surface area contributed by atoms with Gasteiger partial charge in [0, 0.05) is 37.1 Å². The molecule has 28 heavy (non-hydrogen) atoms. The third-order valence-electron chi connectivity index (χ3n) is 5.96. The molecule has 7 nitrogen and oxygen atoms in total.